The zero-order chi connectivity index (χ0) is 12.4. The minimum atomic E-state index is 0.292. The third-order valence-corrected chi connectivity index (χ3v) is 7.29. The van der Waals surface area contributed by atoms with E-state index in [0.717, 1.165) is 6.42 Å². The molecule has 2 unspecified atom stereocenters. The van der Waals surface area contributed by atoms with E-state index in [4.69, 9.17) is 5.73 Å². The molecule has 1 fully saturated rings. The Balaban J connectivity index is 1.75. The summed E-state index contributed by atoms with van der Waals surface area (Å²) in [4.78, 5) is 0. The molecule has 1 aromatic heterocycles. The zero-order valence-corrected chi connectivity index (χ0v) is 12.6. The second-order valence-corrected chi connectivity index (χ2v) is 8.02. The van der Waals surface area contributed by atoms with Gasteiger partial charge < -0.3 is 5.73 Å². The van der Waals surface area contributed by atoms with E-state index in [1.165, 1.54) is 32.9 Å². The smallest absolute Gasteiger partial charge is 0.0345 e. The Morgan fingerprint density at radius 3 is 3.00 bits per heavy atom. The fourth-order valence-corrected chi connectivity index (χ4v) is 6.13. The fourth-order valence-electron chi connectivity index (χ4n) is 2.33. The van der Waals surface area contributed by atoms with Gasteiger partial charge in [0.2, 0.25) is 0 Å². The molecule has 1 aromatic carbocycles. The molecule has 3 rings (SSSR count). The molecule has 0 amide bonds. The molecule has 0 spiro atoms. The van der Waals surface area contributed by atoms with Gasteiger partial charge in [-0.1, -0.05) is 18.2 Å². The Morgan fingerprint density at radius 2 is 2.17 bits per heavy atom. The van der Waals surface area contributed by atoms with Crippen molar-refractivity contribution in [2.75, 3.05) is 17.3 Å². The van der Waals surface area contributed by atoms with Crippen LogP contribution >= 0.6 is 34.9 Å². The fraction of sp³-hybridized carbons (Fsp3) is 0.429. The summed E-state index contributed by atoms with van der Waals surface area (Å²) >= 11 is 5.94. The number of hydrogen-bond acceptors (Lipinski definition) is 4. The largest absolute Gasteiger partial charge is 0.326 e. The van der Waals surface area contributed by atoms with Gasteiger partial charge in [-0.05, 0) is 28.8 Å². The summed E-state index contributed by atoms with van der Waals surface area (Å²) in [6.45, 7) is 0. The lowest BCUT2D eigenvalue weighted by Gasteiger charge is -2.26. The van der Waals surface area contributed by atoms with Gasteiger partial charge in [0.1, 0.15) is 0 Å². The first-order chi connectivity index (χ1) is 8.84. The third kappa shape index (κ3) is 2.72. The van der Waals surface area contributed by atoms with E-state index >= 15 is 0 Å². The predicted molar refractivity (Wildman–Crippen MR) is 87.1 cm³/mol. The van der Waals surface area contributed by atoms with Crippen LogP contribution in [0.1, 0.15) is 5.56 Å². The van der Waals surface area contributed by atoms with Gasteiger partial charge in [-0.25, -0.2) is 0 Å². The third-order valence-electron chi connectivity index (χ3n) is 3.34. The molecule has 2 atom stereocenters. The van der Waals surface area contributed by atoms with Gasteiger partial charge in [0.05, 0.1) is 0 Å². The topological polar surface area (TPSA) is 26.0 Å². The van der Waals surface area contributed by atoms with Crippen LogP contribution in [0.5, 0.6) is 0 Å². The number of nitrogens with two attached hydrogens (primary N) is 1. The van der Waals surface area contributed by atoms with E-state index in [0.29, 0.717) is 11.3 Å². The van der Waals surface area contributed by atoms with E-state index in [9.17, 15) is 0 Å². The van der Waals surface area contributed by atoms with E-state index in [-0.39, 0.29) is 0 Å². The van der Waals surface area contributed by atoms with Crippen molar-refractivity contribution in [2.24, 2.45) is 5.73 Å². The Hall–Kier alpha value is -0.160. The van der Waals surface area contributed by atoms with Crippen LogP contribution in [0.3, 0.4) is 0 Å². The summed E-state index contributed by atoms with van der Waals surface area (Å²) in [6.07, 6.45) is 1.02. The molecule has 1 nitrogen and oxygen atoms in total. The summed E-state index contributed by atoms with van der Waals surface area (Å²) in [5, 5.41) is 4.30. The molecule has 1 aliphatic rings. The molecule has 0 radical (unpaired) electrons. The highest BCUT2D eigenvalue weighted by Crippen LogP contribution is 2.30. The summed E-state index contributed by atoms with van der Waals surface area (Å²) in [7, 11) is 0. The first-order valence-corrected chi connectivity index (χ1v) is 9.33. The van der Waals surface area contributed by atoms with E-state index in [1.54, 1.807) is 0 Å². The lowest BCUT2D eigenvalue weighted by molar-refractivity contribution is 0.667. The molecular formula is C14H17NS3. The van der Waals surface area contributed by atoms with Crippen LogP contribution in [0.4, 0.5) is 0 Å². The van der Waals surface area contributed by atoms with Crippen LogP contribution in [0.15, 0.2) is 29.6 Å². The molecule has 96 valence electrons. The van der Waals surface area contributed by atoms with Crippen LogP contribution in [0, 0.1) is 0 Å². The number of rotatable bonds is 3. The van der Waals surface area contributed by atoms with Gasteiger partial charge in [-0.2, -0.15) is 23.5 Å². The minimum Gasteiger partial charge on any atom is -0.326 e. The van der Waals surface area contributed by atoms with Crippen molar-refractivity contribution in [3.05, 3.63) is 35.2 Å². The van der Waals surface area contributed by atoms with Gasteiger partial charge in [-0.15, -0.1) is 11.3 Å². The first kappa shape index (κ1) is 12.9. The molecule has 4 heteroatoms. The summed E-state index contributed by atoms with van der Waals surface area (Å²) < 4.78 is 1.38. The maximum absolute atomic E-state index is 6.40. The molecule has 2 heterocycles. The zero-order valence-electron chi connectivity index (χ0n) is 10.2. The van der Waals surface area contributed by atoms with Crippen LogP contribution < -0.4 is 5.73 Å². The predicted octanol–water partition coefficient (Wildman–Crippen LogP) is 3.62. The highest BCUT2D eigenvalue weighted by atomic mass is 32.2. The second kappa shape index (κ2) is 5.87. The van der Waals surface area contributed by atoms with Crippen molar-refractivity contribution in [2.45, 2.75) is 17.7 Å². The second-order valence-electron chi connectivity index (χ2n) is 4.61. The summed E-state index contributed by atoms with van der Waals surface area (Å²) in [6, 6.07) is 8.93. The number of fused-ring (bicyclic) bond motifs is 1. The molecule has 1 saturated heterocycles. The van der Waals surface area contributed by atoms with Crippen LogP contribution in [-0.4, -0.2) is 28.6 Å². The van der Waals surface area contributed by atoms with Crippen LogP contribution in [-0.2, 0) is 6.42 Å². The SMILES string of the molecule is NC(Cc1csc2ccccc12)C1CSCCS1. The van der Waals surface area contributed by atoms with Crippen molar-refractivity contribution in [3.63, 3.8) is 0 Å². The first-order valence-electron chi connectivity index (χ1n) is 6.24. The van der Waals surface area contributed by atoms with E-state index in [2.05, 4.69) is 41.4 Å². The molecule has 0 saturated carbocycles. The maximum Gasteiger partial charge on any atom is 0.0345 e. The molecule has 18 heavy (non-hydrogen) atoms. The minimum absolute atomic E-state index is 0.292. The van der Waals surface area contributed by atoms with Crippen LogP contribution in [0.2, 0.25) is 0 Å². The van der Waals surface area contributed by atoms with E-state index < -0.39 is 0 Å². The quantitative estimate of drug-likeness (QED) is 0.936. The summed E-state index contributed by atoms with van der Waals surface area (Å²) in [5.41, 5.74) is 7.83. The van der Waals surface area contributed by atoms with Gasteiger partial charge in [0.15, 0.2) is 0 Å². The number of thioether (sulfide) groups is 2. The van der Waals surface area contributed by atoms with Crippen molar-refractivity contribution < 1.29 is 0 Å². The van der Waals surface area contributed by atoms with Gasteiger partial charge >= 0.3 is 0 Å². The van der Waals surface area contributed by atoms with Gasteiger partial charge in [0.25, 0.3) is 0 Å². The average molecular weight is 295 g/mol. The van der Waals surface area contributed by atoms with Gasteiger partial charge in [-0.3, -0.25) is 0 Å². The van der Waals surface area contributed by atoms with Crippen molar-refractivity contribution in [1.29, 1.82) is 0 Å². The monoisotopic (exact) mass is 295 g/mol. The van der Waals surface area contributed by atoms with Crippen molar-refractivity contribution in [1.82, 2.24) is 0 Å². The molecule has 0 aliphatic carbocycles. The van der Waals surface area contributed by atoms with Crippen LogP contribution in [0.25, 0.3) is 10.1 Å². The Labute approximate surface area is 121 Å². The average Bonchev–Trinajstić information content (AvgIpc) is 2.83. The van der Waals surface area contributed by atoms with Gasteiger partial charge in [0, 0.05) is 33.3 Å². The number of hydrogen-bond donors (Lipinski definition) is 1. The Kier molecular flexibility index (Phi) is 4.19. The molecular weight excluding hydrogens is 278 g/mol. The molecule has 1 aliphatic heterocycles. The summed E-state index contributed by atoms with van der Waals surface area (Å²) in [5.74, 6) is 3.76. The lowest BCUT2D eigenvalue weighted by Crippen LogP contribution is -2.38. The lowest BCUT2D eigenvalue weighted by atomic mass is 10.0. The number of thiophene rings is 1. The Bertz CT molecular complexity index is 516. The molecule has 2 N–H and O–H groups in total. The number of benzene rings is 1. The molecule has 0 bridgehead atoms. The standard InChI is InChI=1S/C14H17NS3/c15-12(14-9-16-5-6-17-14)7-10-8-18-13-4-2-1-3-11(10)13/h1-4,8,12,14H,5-7,9,15H2. The maximum atomic E-state index is 6.40. The van der Waals surface area contributed by atoms with Crippen molar-refractivity contribution >= 4 is 44.9 Å². The Morgan fingerprint density at radius 1 is 1.28 bits per heavy atom. The highest BCUT2D eigenvalue weighted by molar-refractivity contribution is 8.06. The highest BCUT2D eigenvalue weighted by Gasteiger charge is 2.22. The normalized spacial score (nSPS) is 22.2. The molecule has 2 aromatic rings. The van der Waals surface area contributed by atoms with E-state index in [1.807, 2.05) is 23.1 Å². The van der Waals surface area contributed by atoms with Crippen molar-refractivity contribution in [3.8, 4) is 0 Å².